The molecule has 2 aliphatic rings. The maximum atomic E-state index is 14.3. The molecule has 2 atom stereocenters. The molecule has 0 radical (unpaired) electrons. The molecule has 1 saturated carbocycles. The Morgan fingerprint density at radius 3 is 2.67 bits per heavy atom. The van der Waals surface area contributed by atoms with Gasteiger partial charge < -0.3 is 15.1 Å². The zero-order valence-electron chi connectivity index (χ0n) is 13.3. The van der Waals surface area contributed by atoms with Crippen LogP contribution < -0.4 is 10.2 Å². The Labute approximate surface area is 127 Å². The highest BCUT2D eigenvalue weighted by Crippen LogP contribution is 2.31. The fourth-order valence-electron chi connectivity index (χ4n) is 3.37. The molecular formula is C17H26FN3. The zero-order valence-corrected chi connectivity index (χ0v) is 13.3. The lowest BCUT2D eigenvalue weighted by molar-refractivity contribution is 0.266. The average Bonchev–Trinajstić information content (AvgIpc) is 3.18. The van der Waals surface area contributed by atoms with Crippen molar-refractivity contribution in [2.24, 2.45) is 5.92 Å². The summed E-state index contributed by atoms with van der Waals surface area (Å²) in [6.45, 7) is 4.91. The van der Waals surface area contributed by atoms with E-state index in [9.17, 15) is 4.39 Å². The largest absolute Gasteiger partial charge is 0.369 e. The molecule has 0 spiro atoms. The lowest BCUT2D eigenvalue weighted by Gasteiger charge is -2.24. The number of rotatable bonds is 5. The van der Waals surface area contributed by atoms with Crippen molar-refractivity contribution in [1.29, 1.82) is 0 Å². The van der Waals surface area contributed by atoms with Gasteiger partial charge in [-0.25, -0.2) is 4.39 Å². The molecule has 1 saturated heterocycles. The SMILES string of the molecule is CC1CN(c2cccc(F)c2CNC2CC2)CC1N(C)C. The Morgan fingerprint density at radius 2 is 2.05 bits per heavy atom. The first-order chi connectivity index (χ1) is 10.1. The third kappa shape index (κ3) is 3.22. The molecule has 1 aliphatic carbocycles. The van der Waals surface area contributed by atoms with Crippen LogP contribution in [0.4, 0.5) is 10.1 Å². The highest BCUT2D eigenvalue weighted by atomic mass is 19.1. The number of hydrogen-bond acceptors (Lipinski definition) is 3. The minimum absolute atomic E-state index is 0.0818. The summed E-state index contributed by atoms with van der Waals surface area (Å²) >= 11 is 0. The highest BCUT2D eigenvalue weighted by Gasteiger charge is 2.32. The molecule has 2 fully saturated rings. The van der Waals surface area contributed by atoms with E-state index >= 15 is 0 Å². The van der Waals surface area contributed by atoms with Gasteiger partial charge in [0.05, 0.1) is 0 Å². The summed E-state index contributed by atoms with van der Waals surface area (Å²) in [5, 5.41) is 3.45. The average molecular weight is 291 g/mol. The number of nitrogens with one attached hydrogen (secondary N) is 1. The van der Waals surface area contributed by atoms with Gasteiger partial charge >= 0.3 is 0 Å². The zero-order chi connectivity index (χ0) is 15.0. The van der Waals surface area contributed by atoms with Gasteiger partial charge in [-0.2, -0.15) is 0 Å². The fraction of sp³-hybridized carbons (Fsp3) is 0.647. The summed E-state index contributed by atoms with van der Waals surface area (Å²) in [5.41, 5.74) is 1.90. The summed E-state index contributed by atoms with van der Waals surface area (Å²) in [4.78, 5) is 4.63. The third-order valence-electron chi connectivity index (χ3n) is 4.82. The number of nitrogens with zero attached hydrogens (tertiary/aromatic N) is 2. The summed E-state index contributed by atoms with van der Waals surface area (Å²) in [7, 11) is 4.26. The van der Waals surface area contributed by atoms with Gasteiger partial charge in [-0.05, 0) is 45.0 Å². The van der Waals surface area contributed by atoms with Gasteiger partial charge in [-0.3, -0.25) is 0 Å². The Morgan fingerprint density at radius 1 is 1.29 bits per heavy atom. The van der Waals surface area contributed by atoms with E-state index in [1.54, 1.807) is 6.07 Å². The predicted octanol–water partition coefficient (Wildman–Crippen LogP) is 2.46. The van der Waals surface area contributed by atoms with Crippen LogP contribution in [-0.2, 0) is 6.54 Å². The van der Waals surface area contributed by atoms with E-state index in [-0.39, 0.29) is 5.82 Å². The first kappa shape index (κ1) is 14.8. The topological polar surface area (TPSA) is 18.5 Å². The molecular weight excluding hydrogens is 265 g/mol. The minimum Gasteiger partial charge on any atom is -0.369 e. The van der Waals surface area contributed by atoms with Crippen LogP contribution in [0.1, 0.15) is 25.3 Å². The smallest absolute Gasteiger partial charge is 0.129 e. The molecule has 1 aromatic carbocycles. The molecule has 3 nitrogen and oxygen atoms in total. The Hall–Kier alpha value is -1.13. The highest BCUT2D eigenvalue weighted by molar-refractivity contribution is 5.55. The second kappa shape index (κ2) is 5.93. The van der Waals surface area contributed by atoms with E-state index in [0.29, 0.717) is 24.5 Å². The predicted molar refractivity (Wildman–Crippen MR) is 85.1 cm³/mol. The summed E-state index contributed by atoms with van der Waals surface area (Å²) in [6.07, 6.45) is 2.46. The molecule has 1 N–H and O–H groups in total. The van der Waals surface area contributed by atoms with E-state index in [2.05, 4.69) is 42.2 Å². The Bertz CT molecular complexity index is 499. The van der Waals surface area contributed by atoms with Crippen LogP contribution in [0.25, 0.3) is 0 Å². The molecule has 1 aliphatic heterocycles. The maximum Gasteiger partial charge on any atom is 0.129 e. The normalized spacial score (nSPS) is 25.9. The number of anilines is 1. The van der Waals surface area contributed by atoms with E-state index in [1.165, 1.54) is 12.8 Å². The fourth-order valence-corrected chi connectivity index (χ4v) is 3.37. The maximum absolute atomic E-state index is 14.3. The van der Waals surface area contributed by atoms with Crippen molar-refractivity contribution in [3.05, 3.63) is 29.6 Å². The summed E-state index contributed by atoms with van der Waals surface area (Å²) in [5.74, 6) is 0.522. The Kier molecular flexibility index (Phi) is 4.18. The van der Waals surface area contributed by atoms with Crippen LogP contribution in [0.5, 0.6) is 0 Å². The molecule has 0 amide bonds. The molecule has 4 heteroatoms. The van der Waals surface area contributed by atoms with Gasteiger partial charge in [0.25, 0.3) is 0 Å². The number of likely N-dealkylation sites (N-methyl/N-ethyl adjacent to an activating group) is 1. The van der Waals surface area contributed by atoms with Crippen molar-refractivity contribution in [2.75, 3.05) is 32.1 Å². The van der Waals surface area contributed by atoms with Gasteiger partial charge in [0.2, 0.25) is 0 Å². The molecule has 1 heterocycles. The molecule has 0 bridgehead atoms. The minimum atomic E-state index is -0.0818. The van der Waals surface area contributed by atoms with Crippen LogP contribution in [0.2, 0.25) is 0 Å². The van der Waals surface area contributed by atoms with E-state index in [1.807, 2.05) is 6.07 Å². The van der Waals surface area contributed by atoms with Gasteiger partial charge in [-0.1, -0.05) is 13.0 Å². The van der Waals surface area contributed by atoms with Crippen molar-refractivity contribution >= 4 is 5.69 Å². The molecule has 2 unspecified atom stereocenters. The quantitative estimate of drug-likeness (QED) is 0.899. The van der Waals surface area contributed by atoms with Crippen LogP contribution in [0.3, 0.4) is 0 Å². The first-order valence-electron chi connectivity index (χ1n) is 7.98. The van der Waals surface area contributed by atoms with Crippen LogP contribution in [0.15, 0.2) is 18.2 Å². The van der Waals surface area contributed by atoms with Crippen molar-refractivity contribution in [2.45, 2.75) is 38.4 Å². The van der Waals surface area contributed by atoms with Crippen molar-refractivity contribution in [3.63, 3.8) is 0 Å². The van der Waals surface area contributed by atoms with Gasteiger partial charge in [0, 0.05) is 43.0 Å². The summed E-state index contributed by atoms with van der Waals surface area (Å²) in [6, 6.07) is 6.62. The molecule has 21 heavy (non-hydrogen) atoms. The van der Waals surface area contributed by atoms with Crippen LogP contribution >= 0.6 is 0 Å². The van der Waals surface area contributed by atoms with Crippen molar-refractivity contribution < 1.29 is 4.39 Å². The second-order valence-corrected chi connectivity index (χ2v) is 6.81. The van der Waals surface area contributed by atoms with E-state index in [4.69, 9.17) is 0 Å². The van der Waals surface area contributed by atoms with Crippen molar-refractivity contribution in [3.8, 4) is 0 Å². The van der Waals surface area contributed by atoms with Gasteiger partial charge in [-0.15, -0.1) is 0 Å². The van der Waals surface area contributed by atoms with Gasteiger partial charge in [0.1, 0.15) is 5.82 Å². The monoisotopic (exact) mass is 291 g/mol. The molecule has 1 aromatic rings. The number of halogens is 1. The van der Waals surface area contributed by atoms with Crippen LogP contribution in [-0.4, -0.2) is 44.2 Å². The van der Waals surface area contributed by atoms with Gasteiger partial charge in [0.15, 0.2) is 0 Å². The van der Waals surface area contributed by atoms with E-state index in [0.717, 1.165) is 24.3 Å². The third-order valence-corrected chi connectivity index (χ3v) is 4.82. The first-order valence-corrected chi connectivity index (χ1v) is 7.98. The van der Waals surface area contributed by atoms with Crippen LogP contribution in [0, 0.1) is 11.7 Å². The second-order valence-electron chi connectivity index (χ2n) is 6.81. The Balaban J connectivity index is 1.79. The lowest BCUT2D eigenvalue weighted by Crippen LogP contribution is -2.34. The van der Waals surface area contributed by atoms with E-state index < -0.39 is 0 Å². The summed E-state index contributed by atoms with van der Waals surface area (Å²) < 4.78 is 14.3. The number of hydrogen-bond donors (Lipinski definition) is 1. The standard InChI is InChI=1S/C17H26FN3/c1-12-10-21(11-17(12)20(2)3)16-6-4-5-15(18)14(16)9-19-13-7-8-13/h4-6,12-13,17,19H,7-11H2,1-3H3. The van der Waals surface area contributed by atoms with Crippen molar-refractivity contribution in [1.82, 2.24) is 10.2 Å². The molecule has 3 rings (SSSR count). The molecule has 116 valence electrons. The molecule has 0 aromatic heterocycles. The lowest BCUT2D eigenvalue weighted by atomic mass is 10.1. The number of benzene rings is 1.